The van der Waals surface area contributed by atoms with E-state index in [9.17, 15) is 0 Å². The van der Waals surface area contributed by atoms with E-state index in [1.165, 1.54) is 5.52 Å². The summed E-state index contributed by atoms with van der Waals surface area (Å²) in [7, 11) is 5.95. The van der Waals surface area contributed by atoms with Crippen LogP contribution >= 0.6 is 0 Å². The van der Waals surface area contributed by atoms with Crippen LogP contribution in [-0.4, -0.2) is 28.6 Å². The molecule has 0 spiro atoms. The van der Waals surface area contributed by atoms with Gasteiger partial charge in [-0.05, 0) is 18.2 Å². The van der Waals surface area contributed by atoms with Crippen LogP contribution in [-0.2, 0) is 7.05 Å². The zero-order chi connectivity index (χ0) is 12.9. The van der Waals surface area contributed by atoms with Crippen molar-refractivity contribution in [1.29, 1.82) is 0 Å². The lowest BCUT2D eigenvalue weighted by atomic mass is 10.1. The molecule has 18 heavy (non-hydrogen) atoms. The van der Waals surface area contributed by atoms with E-state index in [0.29, 0.717) is 5.95 Å². The molecule has 0 saturated carbocycles. The topological polar surface area (TPSA) is 60.0 Å². The number of aryl methyl sites for hydroxylation is 1. The van der Waals surface area contributed by atoms with Crippen molar-refractivity contribution in [1.82, 2.24) is 14.5 Å². The molecule has 3 rings (SSSR count). The van der Waals surface area contributed by atoms with E-state index >= 15 is 0 Å². The van der Waals surface area contributed by atoms with Crippen LogP contribution < -0.4 is 10.6 Å². The maximum atomic E-state index is 5.76. The van der Waals surface area contributed by atoms with E-state index < -0.39 is 0 Å². The van der Waals surface area contributed by atoms with Crippen LogP contribution in [0.1, 0.15) is 0 Å². The Morgan fingerprint density at radius 1 is 1.17 bits per heavy atom. The van der Waals surface area contributed by atoms with Crippen LogP contribution in [0.15, 0.2) is 24.4 Å². The van der Waals surface area contributed by atoms with Crippen LogP contribution in [0.25, 0.3) is 21.8 Å². The Hall–Kier alpha value is -2.30. The summed E-state index contributed by atoms with van der Waals surface area (Å²) in [6.45, 7) is 0. The van der Waals surface area contributed by atoms with Crippen LogP contribution in [0.4, 0.5) is 11.8 Å². The molecule has 2 aromatic heterocycles. The minimum Gasteiger partial charge on any atom is -0.368 e. The van der Waals surface area contributed by atoms with E-state index in [4.69, 9.17) is 5.73 Å². The first-order chi connectivity index (χ1) is 8.58. The Balaban J connectivity index is 2.55. The molecule has 1 aromatic carbocycles. The highest BCUT2D eigenvalue weighted by Crippen LogP contribution is 2.31. The predicted molar refractivity (Wildman–Crippen MR) is 74.8 cm³/mol. The fourth-order valence-corrected chi connectivity index (χ4v) is 2.30. The highest BCUT2D eigenvalue weighted by molar-refractivity contribution is 6.11. The molecule has 0 radical (unpaired) electrons. The molecular formula is C13H15N5. The van der Waals surface area contributed by atoms with Gasteiger partial charge >= 0.3 is 0 Å². The minimum atomic E-state index is 0.307. The van der Waals surface area contributed by atoms with Gasteiger partial charge in [0.2, 0.25) is 5.95 Å². The standard InChI is InChI=1S/C13H15N5/c1-17(2)12-11-8-6-7-18(3)10(8)5-4-9(11)15-13(14)16-12/h4-7H,1-3H3,(H2,14,15,16). The van der Waals surface area contributed by atoms with Crippen LogP contribution in [0, 0.1) is 0 Å². The molecule has 0 aliphatic carbocycles. The van der Waals surface area contributed by atoms with Crippen molar-refractivity contribution >= 4 is 33.6 Å². The Morgan fingerprint density at radius 2 is 1.94 bits per heavy atom. The van der Waals surface area contributed by atoms with Gasteiger partial charge in [0.15, 0.2) is 0 Å². The molecule has 5 nitrogen and oxygen atoms in total. The van der Waals surface area contributed by atoms with Crippen molar-refractivity contribution in [3.63, 3.8) is 0 Å². The maximum absolute atomic E-state index is 5.76. The Morgan fingerprint density at radius 3 is 2.67 bits per heavy atom. The predicted octanol–water partition coefficient (Wildman–Crippen LogP) is 1.77. The van der Waals surface area contributed by atoms with Gasteiger partial charge < -0.3 is 15.2 Å². The van der Waals surface area contributed by atoms with Gasteiger partial charge in [0.05, 0.1) is 10.9 Å². The van der Waals surface area contributed by atoms with Crippen LogP contribution in [0.5, 0.6) is 0 Å². The molecule has 0 aliphatic heterocycles. The summed E-state index contributed by atoms with van der Waals surface area (Å²) >= 11 is 0. The second kappa shape index (κ2) is 3.60. The molecule has 5 heteroatoms. The molecule has 92 valence electrons. The Kier molecular flexibility index (Phi) is 2.16. The van der Waals surface area contributed by atoms with E-state index in [1.54, 1.807) is 0 Å². The zero-order valence-corrected chi connectivity index (χ0v) is 10.7. The molecule has 2 heterocycles. The number of aromatic nitrogens is 3. The van der Waals surface area contributed by atoms with Gasteiger partial charge in [-0.25, -0.2) is 4.98 Å². The van der Waals surface area contributed by atoms with Gasteiger partial charge in [-0.3, -0.25) is 0 Å². The molecule has 0 unspecified atom stereocenters. The summed E-state index contributed by atoms with van der Waals surface area (Å²) in [5.41, 5.74) is 7.80. The summed E-state index contributed by atoms with van der Waals surface area (Å²) in [4.78, 5) is 10.6. The third-order valence-corrected chi connectivity index (χ3v) is 3.15. The van der Waals surface area contributed by atoms with Crippen LogP contribution in [0.3, 0.4) is 0 Å². The van der Waals surface area contributed by atoms with Gasteiger partial charge in [0.1, 0.15) is 5.82 Å². The van der Waals surface area contributed by atoms with E-state index in [0.717, 1.165) is 22.1 Å². The average molecular weight is 241 g/mol. The van der Waals surface area contributed by atoms with Gasteiger partial charge in [0, 0.05) is 38.2 Å². The zero-order valence-electron chi connectivity index (χ0n) is 10.7. The maximum Gasteiger partial charge on any atom is 0.222 e. The van der Waals surface area contributed by atoms with Gasteiger partial charge in [0.25, 0.3) is 0 Å². The quantitative estimate of drug-likeness (QED) is 0.705. The highest BCUT2D eigenvalue weighted by atomic mass is 15.2. The van der Waals surface area contributed by atoms with Crippen molar-refractivity contribution in [2.24, 2.45) is 7.05 Å². The summed E-state index contributed by atoms with van der Waals surface area (Å²) in [6, 6.07) is 6.14. The van der Waals surface area contributed by atoms with E-state index in [-0.39, 0.29) is 0 Å². The lowest BCUT2D eigenvalue weighted by Gasteiger charge is -2.15. The van der Waals surface area contributed by atoms with E-state index in [1.807, 2.05) is 38.3 Å². The highest BCUT2D eigenvalue weighted by Gasteiger charge is 2.12. The Labute approximate surface area is 105 Å². The largest absolute Gasteiger partial charge is 0.368 e. The molecule has 0 fully saturated rings. The van der Waals surface area contributed by atoms with Gasteiger partial charge in [-0.2, -0.15) is 4.98 Å². The van der Waals surface area contributed by atoms with Gasteiger partial charge in [-0.1, -0.05) is 0 Å². The average Bonchev–Trinajstić information content (AvgIpc) is 2.69. The first-order valence-electron chi connectivity index (χ1n) is 5.76. The smallest absolute Gasteiger partial charge is 0.222 e. The Bertz CT molecular complexity index is 742. The third-order valence-electron chi connectivity index (χ3n) is 3.15. The first kappa shape index (κ1) is 10.8. The molecule has 0 bridgehead atoms. The lowest BCUT2D eigenvalue weighted by Crippen LogP contribution is -2.13. The number of benzene rings is 1. The second-order valence-corrected chi connectivity index (χ2v) is 4.62. The number of nitrogen functional groups attached to an aromatic ring is 1. The number of fused-ring (bicyclic) bond motifs is 3. The second-order valence-electron chi connectivity index (χ2n) is 4.62. The van der Waals surface area contributed by atoms with Crippen molar-refractivity contribution in [2.45, 2.75) is 0 Å². The van der Waals surface area contributed by atoms with Crippen molar-refractivity contribution in [3.05, 3.63) is 24.4 Å². The minimum absolute atomic E-state index is 0.307. The van der Waals surface area contributed by atoms with E-state index in [2.05, 4.69) is 26.7 Å². The fraction of sp³-hybridized carbons (Fsp3) is 0.231. The molecule has 0 amide bonds. The number of nitrogens with two attached hydrogens (primary N) is 1. The molecule has 3 aromatic rings. The number of hydrogen-bond donors (Lipinski definition) is 1. The summed E-state index contributed by atoms with van der Waals surface area (Å²) < 4.78 is 2.09. The van der Waals surface area contributed by atoms with Crippen molar-refractivity contribution < 1.29 is 0 Å². The van der Waals surface area contributed by atoms with Gasteiger partial charge in [-0.15, -0.1) is 0 Å². The SMILES string of the molecule is CN(C)c1nc(N)nc2ccc3c(ccn3C)c12. The summed E-state index contributed by atoms with van der Waals surface area (Å²) in [5.74, 6) is 1.16. The molecular weight excluding hydrogens is 226 g/mol. The molecule has 0 aliphatic rings. The molecule has 0 saturated heterocycles. The van der Waals surface area contributed by atoms with Crippen molar-refractivity contribution in [3.8, 4) is 0 Å². The lowest BCUT2D eigenvalue weighted by molar-refractivity contribution is 0.969. The summed E-state index contributed by atoms with van der Waals surface area (Å²) in [6.07, 6.45) is 2.04. The van der Waals surface area contributed by atoms with Crippen molar-refractivity contribution in [2.75, 3.05) is 24.7 Å². The number of anilines is 2. The third kappa shape index (κ3) is 1.40. The first-order valence-corrected chi connectivity index (χ1v) is 5.76. The number of hydrogen-bond acceptors (Lipinski definition) is 4. The monoisotopic (exact) mass is 241 g/mol. The number of nitrogens with zero attached hydrogens (tertiary/aromatic N) is 4. The van der Waals surface area contributed by atoms with Crippen LogP contribution in [0.2, 0.25) is 0 Å². The normalized spacial score (nSPS) is 11.3. The number of rotatable bonds is 1. The summed E-state index contributed by atoms with van der Waals surface area (Å²) in [5, 5.41) is 2.20. The fourth-order valence-electron chi connectivity index (χ4n) is 2.30. The molecule has 2 N–H and O–H groups in total. The molecule has 0 atom stereocenters.